The molecular formula is C28H26N2O5S. The summed E-state index contributed by atoms with van der Waals surface area (Å²) < 4.78 is 11.5. The molecule has 1 aliphatic heterocycles. The van der Waals surface area contributed by atoms with Crippen molar-refractivity contribution in [3.05, 3.63) is 100 Å². The van der Waals surface area contributed by atoms with Crippen molar-refractivity contribution in [3.63, 3.8) is 0 Å². The third kappa shape index (κ3) is 6.41. The third-order valence-electron chi connectivity index (χ3n) is 5.31. The number of rotatable bonds is 10. The fourth-order valence-electron chi connectivity index (χ4n) is 3.53. The lowest BCUT2D eigenvalue weighted by Gasteiger charge is -2.15. The van der Waals surface area contributed by atoms with Gasteiger partial charge in [-0.1, -0.05) is 48.5 Å². The van der Waals surface area contributed by atoms with Gasteiger partial charge < -0.3 is 14.6 Å². The van der Waals surface area contributed by atoms with E-state index in [0.717, 1.165) is 16.8 Å². The van der Waals surface area contributed by atoms with E-state index in [9.17, 15) is 14.7 Å². The third-order valence-corrected chi connectivity index (χ3v) is 6.31. The Kier molecular flexibility index (Phi) is 8.54. The van der Waals surface area contributed by atoms with Gasteiger partial charge >= 0.3 is 5.97 Å². The number of nitrogens with zero attached hydrogens (tertiary/aromatic N) is 2. The Hall–Kier alpha value is -3.88. The number of hydrogen-bond donors (Lipinski definition) is 1. The maximum absolute atomic E-state index is 13.3. The van der Waals surface area contributed by atoms with Gasteiger partial charge in [0.25, 0.3) is 5.91 Å². The molecule has 3 aromatic rings. The van der Waals surface area contributed by atoms with Crippen LogP contribution in [0.2, 0.25) is 0 Å². The smallest absolute Gasteiger partial charge is 0.335 e. The zero-order valence-corrected chi connectivity index (χ0v) is 20.6. The molecule has 1 N–H and O–H groups in total. The first-order valence-corrected chi connectivity index (χ1v) is 12.3. The molecule has 36 heavy (non-hydrogen) atoms. The Morgan fingerprint density at radius 2 is 1.83 bits per heavy atom. The first-order chi connectivity index (χ1) is 17.5. The molecule has 0 spiro atoms. The highest BCUT2D eigenvalue weighted by Crippen LogP contribution is 2.35. The molecule has 1 amide bonds. The Labute approximate surface area is 214 Å². The predicted octanol–water partition coefficient (Wildman–Crippen LogP) is 5.60. The first kappa shape index (κ1) is 25.2. The van der Waals surface area contributed by atoms with Crippen LogP contribution in [0.25, 0.3) is 6.08 Å². The van der Waals surface area contributed by atoms with Crippen molar-refractivity contribution in [2.45, 2.75) is 13.5 Å². The number of aliphatic imine (C=N–C) groups is 1. The topological polar surface area (TPSA) is 88.4 Å². The van der Waals surface area contributed by atoms with Crippen LogP contribution in [0.5, 0.6) is 5.75 Å². The van der Waals surface area contributed by atoms with Crippen LogP contribution in [-0.4, -0.2) is 46.8 Å². The van der Waals surface area contributed by atoms with Gasteiger partial charge in [-0.25, -0.2) is 9.79 Å². The normalized spacial score (nSPS) is 15.6. The van der Waals surface area contributed by atoms with Gasteiger partial charge in [-0.15, -0.1) is 0 Å². The number of carbonyl (C=O) groups is 2. The molecule has 0 unspecified atom stereocenters. The number of amidine groups is 1. The molecule has 0 radical (unpaired) electrons. The van der Waals surface area contributed by atoms with E-state index in [0.29, 0.717) is 35.6 Å². The second-order valence-electron chi connectivity index (χ2n) is 7.83. The molecule has 0 aliphatic carbocycles. The van der Waals surface area contributed by atoms with Gasteiger partial charge in [-0.3, -0.25) is 9.69 Å². The van der Waals surface area contributed by atoms with E-state index in [1.165, 1.54) is 11.8 Å². The van der Waals surface area contributed by atoms with Crippen molar-refractivity contribution < 1.29 is 24.2 Å². The van der Waals surface area contributed by atoms with Crippen molar-refractivity contribution >= 4 is 40.6 Å². The standard InChI is InChI=1S/C28H26N2O5S/c1-2-34-16-15-30-26(31)25(36-28(30)29-23-12-4-3-5-13-23)18-21-10-6-7-14-24(21)35-19-20-9-8-11-22(17-20)27(32)33/h3-14,17-18H,2,15-16,19H2,1H3,(H,32,33). The number of ether oxygens (including phenoxy) is 2. The molecule has 1 fully saturated rings. The number of thioether (sulfide) groups is 1. The van der Waals surface area contributed by atoms with E-state index in [2.05, 4.69) is 0 Å². The Morgan fingerprint density at radius 1 is 1.06 bits per heavy atom. The van der Waals surface area contributed by atoms with Crippen molar-refractivity contribution in [2.75, 3.05) is 19.8 Å². The highest BCUT2D eigenvalue weighted by molar-refractivity contribution is 8.18. The van der Waals surface area contributed by atoms with E-state index < -0.39 is 5.97 Å². The molecule has 7 nitrogen and oxygen atoms in total. The largest absolute Gasteiger partial charge is 0.488 e. The van der Waals surface area contributed by atoms with Gasteiger partial charge in [0.1, 0.15) is 12.4 Å². The van der Waals surface area contributed by atoms with E-state index in [1.807, 2.05) is 67.6 Å². The summed E-state index contributed by atoms with van der Waals surface area (Å²) in [6, 6.07) is 23.6. The van der Waals surface area contributed by atoms with Crippen LogP contribution in [0.3, 0.4) is 0 Å². The molecule has 0 atom stereocenters. The first-order valence-electron chi connectivity index (χ1n) is 11.5. The summed E-state index contributed by atoms with van der Waals surface area (Å²) in [7, 11) is 0. The molecular weight excluding hydrogens is 476 g/mol. The predicted molar refractivity (Wildman–Crippen MR) is 141 cm³/mol. The van der Waals surface area contributed by atoms with E-state index >= 15 is 0 Å². The number of benzene rings is 3. The lowest BCUT2D eigenvalue weighted by atomic mass is 10.1. The molecule has 1 saturated heterocycles. The molecule has 8 heteroatoms. The number of para-hydroxylation sites is 2. The van der Waals surface area contributed by atoms with E-state index in [-0.39, 0.29) is 18.1 Å². The summed E-state index contributed by atoms with van der Waals surface area (Å²) in [5.74, 6) is -0.535. The average molecular weight is 503 g/mol. The molecule has 184 valence electrons. The number of amides is 1. The fraction of sp³-hybridized carbons (Fsp3) is 0.179. The van der Waals surface area contributed by atoms with Gasteiger partial charge in [0.15, 0.2) is 5.17 Å². The highest BCUT2D eigenvalue weighted by Gasteiger charge is 2.33. The van der Waals surface area contributed by atoms with E-state index in [1.54, 1.807) is 29.2 Å². The highest BCUT2D eigenvalue weighted by atomic mass is 32.2. The summed E-state index contributed by atoms with van der Waals surface area (Å²) in [4.78, 5) is 31.4. The van der Waals surface area contributed by atoms with Crippen LogP contribution in [0, 0.1) is 0 Å². The van der Waals surface area contributed by atoms with Crippen LogP contribution >= 0.6 is 11.8 Å². The van der Waals surface area contributed by atoms with Crippen LogP contribution in [0.4, 0.5) is 5.69 Å². The summed E-state index contributed by atoms with van der Waals surface area (Å²) in [6.07, 6.45) is 1.80. The fourth-order valence-corrected chi connectivity index (χ4v) is 4.54. The number of carbonyl (C=O) groups excluding carboxylic acids is 1. The number of carboxylic acids is 1. The minimum atomic E-state index is -0.986. The van der Waals surface area contributed by atoms with Gasteiger partial charge in [0, 0.05) is 12.2 Å². The number of aromatic carboxylic acids is 1. The van der Waals surface area contributed by atoms with Gasteiger partial charge in [0.2, 0.25) is 0 Å². The zero-order valence-electron chi connectivity index (χ0n) is 19.8. The molecule has 0 saturated carbocycles. The minimum absolute atomic E-state index is 0.140. The van der Waals surface area contributed by atoms with Crippen LogP contribution in [0.15, 0.2) is 88.8 Å². The van der Waals surface area contributed by atoms with Gasteiger partial charge in [-0.2, -0.15) is 0 Å². The van der Waals surface area contributed by atoms with Crippen LogP contribution in [0.1, 0.15) is 28.4 Å². The SMILES string of the molecule is CCOCCN1C(=O)C(=Cc2ccccc2OCc2cccc(C(=O)O)c2)SC1=Nc1ccccc1. The van der Waals surface area contributed by atoms with Crippen LogP contribution in [-0.2, 0) is 16.1 Å². The zero-order chi connectivity index (χ0) is 25.3. The summed E-state index contributed by atoms with van der Waals surface area (Å²) in [5.41, 5.74) is 2.45. The quantitative estimate of drug-likeness (QED) is 0.287. The molecule has 1 aliphatic rings. The Morgan fingerprint density at radius 3 is 2.61 bits per heavy atom. The maximum atomic E-state index is 13.3. The summed E-state index contributed by atoms with van der Waals surface area (Å²) in [5, 5.41) is 9.82. The van der Waals surface area contributed by atoms with Gasteiger partial charge in [-0.05, 0) is 60.7 Å². The average Bonchev–Trinajstić information content (AvgIpc) is 3.18. The van der Waals surface area contributed by atoms with Crippen molar-refractivity contribution in [2.24, 2.45) is 4.99 Å². The molecule has 1 heterocycles. The molecule has 0 bridgehead atoms. The summed E-state index contributed by atoms with van der Waals surface area (Å²) >= 11 is 1.31. The number of carboxylic acid groups (broad SMARTS) is 1. The van der Waals surface area contributed by atoms with Crippen molar-refractivity contribution in [3.8, 4) is 5.75 Å². The van der Waals surface area contributed by atoms with Crippen molar-refractivity contribution in [1.82, 2.24) is 4.90 Å². The Balaban J connectivity index is 1.57. The lowest BCUT2D eigenvalue weighted by molar-refractivity contribution is -0.122. The second kappa shape index (κ2) is 12.2. The minimum Gasteiger partial charge on any atom is -0.488 e. The molecule has 0 aromatic heterocycles. The summed E-state index contributed by atoms with van der Waals surface area (Å²) in [6.45, 7) is 3.51. The lowest BCUT2D eigenvalue weighted by Crippen LogP contribution is -2.32. The maximum Gasteiger partial charge on any atom is 0.335 e. The molecule has 4 rings (SSSR count). The number of hydrogen-bond acceptors (Lipinski definition) is 6. The second-order valence-corrected chi connectivity index (χ2v) is 8.84. The molecule has 3 aromatic carbocycles. The monoisotopic (exact) mass is 502 g/mol. The van der Waals surface area contributed by atoms with E-state index in [4.69, 9.17) is 14.5 Å². The Bertz CT molecular complexity index is 1290. The van der Waals surface area contributed by atoms with Crippen molar-refractivity contribution in [1.29, 1.82) is 0 Å². The van der Waals surface area contributed by atoms with Gasteiger partial charge in [0.05, 0.1) is 29.3 Å². The van der Waals surface area contributed by atoms with Crippen LogP contribution < -0.4 is 4.74 Å².